The van der Waals surface area contributed by atoms with Crippen molar-refractivity contribution in [1.29, 1.82) is 5.26 Å². The van der Waals surface area contributed by atoms with E-state index in [2.05, 4.69) is 51.1 Å². The Balaban J connectivity index is 1.66. The van der Waals surface area contributed by atoms with Crippen molar-refractivity contribution in [2.75, 3.05) is 0 Å². The van der Waals surface area contributed by atoms with Gasteiger partial charge in [-0.2, -0.15) is 5.26 Å². The largest absolute Gasteiger partial charge is 0.461 e. The summed E-state index contributed by atoms with van der Waals surface area (Å²) in [6.07, 6.45) is 8.29. The van der Waals surface area contributed by atoms with Crippen molar-refractivity contribution in [2.24, 2.45) is 35.0 Å². The fourth-order valence-electron chi connectivity index (χ4n) is 6.01. The predicted octanol–water partition coefficient (Wildman–Crippen LogP) is 5.49. The third-order valence-electron chi connectivity index (χ3n) is 7.52. The van der Waals surface area contributed by atoms with Gasteiger partial charge in [-0.15, -0.1) is 0 Å². The quantitative estimate of drug-likeness (QED) is 0.515. The summed E-state index contributed by atoms with van der Waals surface area (Å²) in [4.78, 5) is 13.6. The molecule has 4 rings (SSSR count). The number of nitriles is 1. The Morgan fingerprint density at radius 2 is 1.93 bits per heavy atom. The number of nitrogens with zero attached hydrogens (tertiary/aromatic N) is 1. The second-order valence-electron chi connectivity index (χ2n) is 9.53. The summed E-state index contributed by atoms with van der Waals surface area (Å²) in [5.41, 5.74) is -0.0153. The minimum atomic E-state index is -1.09. The minimum Gasteiger partial charge on any atom is -0.461 e. The maximum atomic E-state index is 13.6. The first-order valence-corrected chi connectivity index (χ1v) is 10.8. The average molecular weight is 378 g/mol. The molecule has 148 valence electrons. The highest BCUT2D eigenvalue weighted by Crippen LogP contribution is 2.61. The number of allylic oxidation sites excluding steroid dienone is 2. The molecule has 3 aliphatic rings. The van der Waals surface area contributed by atoms with Crippen molar-refractivity contribution < 1.29 is 9.53 Å². The number of carbonyl (C=O) groups excluding carboxylic acids is 1. The van der Waals surface area contributed by atoms with Crippen molar-refractivity contribution in [3.63, 3.8) is 0 Å². The summed E-state index contributed by atoms with van der Waals surface area (Å²) in [7, 11) is 0. The Kier molecular flexibility index (Phi) is 5.08. The average Bonchev–Trinajstić information content (AvgIpc) is 3.28. The summed E-state index contributed by atoms with van der Waals surface area (Å²) in [5, 5.41) is 10.3. The van der Waals surface area contributed by atoms with E-state index >= 15 is 0 Å². The van der Waals surface area contributed by atoms with Crippen LogP contribution in [0.1, 0.15) is 57.9 Å². The summed E-state index contributed by atoms with van der Waals surface area (Å²) >= 11 is 0. The van der Waals surface area contributed by atoms with Crippen molar-refractivity contribution in [1.82, 2.24) is 0 Å². The van der Waals surface area contributed by atoms with Crippen LogP contribution in [-0.2, 0) is 9.53 Å². The number of carbonyl (C=O) groups is 1. The smallest absolute Gasteiger partial charge is 0.328 e. The fraction of sp³-hybridized carbons (Fsp3) is 0.600. The first-order chi connectivity index (χ1) is 13.5. The third kappa shape index (κ3) is 2.98. The first kappa shape index (κ1) is 19.2. The molecule has 1 aromatic carbocycles. The van der Waals surface area contributed by atoms with Gasteiger partial charge in [0.1, 0.15) is 6.10 Å². The molecule has 1 aromatic rings. The van der Waals surface area contributed by atoms with Crippen LogP contribution in [0.2, 0.25) is 0 Å². The van der Waals surface area contributed by atoms with E-state index < -0.39 is 5.41 Å². The van der Waals surface area contributed by atoms with Gasteiger partial charge in [-0.3, -0.25) is 4.79 Å². The number of esters is 1. The standard InChI is InChI=1S/C25H31NO2/c1-16(2)21-12-9-17(3)13-22(21)28-24(27)25(15-26)20-11-10-19(14-20)23(25)18-7-5-4-6-8-18/h4-8,10-11,16-17,19-23H,9,12-14H2,1-3H3/t17-,19+,20-,21+,22-,23-,25-/m1/s1. The maximum Gasteiger partial charge on any atom is 0.328 e. The molecule has 28 heavy (non-hydrogen) atoms. The first-order valence-electron chi connectivity index (χ1n) is 10.8. The molecule has 2 bridgehead atoms. The Morgan fingerprint density at radius 1 is 1.18 bits per heavy atom. The summed E-state index contributed by atoms with van der Waals surface area (Å²) < 4.78 is 6.22. The van der Waals surface area contributed by atoms with Gasteiger partial charge >= 0.3 is 5.97 Å². The molecule has 3 heteroatoms. The molecule has 2 fully saturated rings. The van der Waals surface area contributed by atoms with E-state index in [0.29, 0.717) is 17.8 Å². The number of fused-ring (bicyclic) bond motifs is 2. The molecule has 0 amide bonds. The van der Waals surface area contributed by atoms with Crippen LogP contribution in [-0.4, -0.2) is 12.1 Å². The molecular weight excluding hydrogens is 346 g/mol. The lowest BCUT2D eigenvalue weighted by atomic mass is 9.66. The van der Waals surface area contributed by atoms with Gasteiger partial charge in [0.05, 0.1) is 6.07 Å². The van der Waals surface area contributed by atoms with Crippen LogP contribution in [0.3, 0.4) is 0 Å². The van der Waals surface area contributed by atoms with Gasteiger partial charge in [0, 0.05) is 11.8 Å². The second-order valence-corrected chi connectivity index (χ2v) is 9.53. The second kappa shape index (κ2) is 7.39. The lowest BCUT2D eigenvalue weighted by Gasteiger charge is -2.40. The Bertz CT molecular complexity index is 793. The van der Waals surface area contributed by atoms with Gasteiger partial charge in [0.25, 0.3) is 0 Å². The SMILES string of the molecule is CC(C)[C@@H]1CC[C@@H](C)C[C@H]1OC(=O)[C@]1(C#N)[C@@H]2C=C[C@@H](C2)[C@H]1c1ccccc1. The van der Waals surface area contributed by atoms with Gasteiger partial charge in [-0.05, 0) is 48.5 Å². The molecule has 0 unspecified atom stereocenters. The molecule has 0 radical (unpaired) electrons. The summed E-state index contributed by atoms with van der Waals surface area (Å²) in [5.74, 6) is 1.23. The zero-order valence-corrected chi connectivity index (χ0v) is 17.2. The van der Waals surface area contributed by atoms with Gasteiger partial charge in [-0.25, -0.2) is 0 Å². The topological polar surface area (TPSA) is 50.1 Å². The molecule has 3 aliphatic carbocycles. The van der Waals surface area contributed by atoms with Gasteiger partial charge < -0.3 is 4.74 Å². The number of benzene rings is 1. The lowest BCUT2D eigenvalue weighted by molar-refractivity contribution is -0.167. The van der Waals surface area contributed by atoms with Crippen molar-refractivity contribution >= 4 is 5.97 Å². The zero-order chi connectivity index (χ0) is 19.9. The van der Waals surface area contributed by atoms with Crippen LogP contribution in [0, 0.1) is 46.3 Å². The predicted molar refractivity (Wildman–Crippen MR) is 109 cm³/mol. The number of hydrogen-bond acceptors (Lipinski definition) is 3. The molecule has 2 saturated carbocycles. The lowest BCUT2D eigenvalue weighted by Crippen LogP contribution is -2.45. The van der Waals surface area contributed by atoms with E-state index in [4.69, 9.17) is 4.74 Å². The molecule has 0 saturated heterocycles. The highest BCUT2D eigenvalue weighted by atomic mass is 16.5. The molecule has 0 aliphatic heterocycles. The van der Waals surface area contributed by atoms with Crippen LogP contribution < -0.4 is 0 Å². The van der Waals surface area contributed by atoms with Crippen LogP contribution >= 0.6 is 0 Å². The van der Waals surface area contributed by atoms with Crippen LogP contribution in [0.25, 0.3) is 0 Å². The number of hydrogen-bond donors (Lipinski definition) is 0. The van der Waals surface area contributed by atoms with E-state index in [9.17, 15) is 10.1 Å². The monoisotopic (exact) mass is 377 g/mol. The van der Waals surface area contributed by atoms with Crippen molar-refractivity contribution in [2.45, 2.75) is 58.5 Å². The van der Waals surface area contributed by atoms with E-state index in [-0.39, 0.29) is 29.8 Å². The Morgan fingerprint density at radius 3 is 2.61 bits per heavy atom. The molecule has 0 spiro atoms. The third-order valence-corrected chi connectivity index (χ3v) is 7.52. The highest BCUT2D eigenvalue weighted by molar-refractivity contribution is 5.84. The fourth-order valence-corrected chi connectivity index (χ4v) is 6.01. The maximum absolute atomic E-state index is 13.6. The Labute approximate surface area is 168 Å². The molecule has 7 atom stereocenters. The summed E-state index contributed by atoms with van der Waals surface area (Å²) in [6.45, 7) is 6.67. The number of ether oxygens (including phenoxy) is 1. The molecule has 0 aromatic heterocycles. The van der Waals surface area contributed by atoms with E-state index in [1.165, 1.54) is 6.42 Å². The molecule has 0 N–H and O–H groups in total. The van der Waals surface area contributed by atoms with Gasteiger partial charge in [0.15, 0.2) is 5.41 Å². The minimum absolute atomic E-state index is 0.0429. The summed E-state index contributed by atoms with van der Waals surface area (Å²) in [6, 6.07) is 12.6. The molecular formula is C25H31NO2. The van der Waals surface area contributed by atoms with Crippen LogP contribution in [0.5, 0.6) is 0 Å². The van der Waals surface area contributed by atoms with Crippen LogP contribution in [0.15, 0.2) is 42.5 Å². The van der Waals surface area contributed by atoms with Crippen molar-refractivity contribution in [3.8, 4) is 6.07 Å². The van der Waals surface area contributed by atoms with Crippen molar-refractivity contribution in [3.05, 3.63) is 48.0 Å². The van der Waals surface area contributed by atoms with Crippen LogP contribution in [0.4, 0.5) is 0 Å². The highest BCUT2D eigenvalue weighted by Gasteiger charge is 2.63. The molecule has 0 heterocycles. The van der Waals surface area contributed by atoms with Gasteiger partial charge in [0.2, 0.25) is 0 Å². The van der Waals surface area contributed by atoms with E-state index in [1.54, 1.807) is 0 Å². The zero-order valence-electron chi connectivity index (χ0n) is 17.2. The normalized spacial score (nSPS) is 39.1. The molecule has 3 nitrogen and oxygen atoms in total. The number of rotatable bonds is 4. The van der Waals surface area contributed by atoms with E-state index in [1.807, 2.05) is 18.2 Å². The van der Waals surface area contributed by atoms with Gasteiger partial charge in [-0.1, -0.05) is 69.7 Å². The Hall–Kier alpha value is -2.08. The van der Waals surface area contributed by atoms with E-state index in [0.717, 1.165) is 24.8 Å².